The summed E-state index contributed by atoms with van der Waals surface area (Å²) in [5.74, 6) is 0. The van der Waals surface area contributed by atoms with Crippen molar-refractivity contribution in [1.82, 2.24) is 0 Å². The fourth-order valence-electron chi connectivity index (χ4n) is 2.21. The second kappa shape index (κ2) is 5.80. The second-order valence-electron chi connectivity index (χ2n) is 4.66. The Morgan fingerprint density at radius 2 is 1.91 bits per heavy atom. The van der Waals surface area contributed by atoms with Gasteiger partial charge in [0, 0.05) is 16.8 Å². The molecule has 0 aliphatic carbocycles. The highest BCUT2D eigenvalue weighted by Crippen LogP contribution is 2.29. The van der Waals surface area contributed by atoms with Gasteiger partial charge in [-0.1, -0.05) is 18.2 Å². The van der Waals surface area contributed by atoms with E-state index in [1.165, 1.54) is 12.1 Å². The number of rotatable bonds is 3. The van der Waals surface area contributed by atoms with E-state index in [1.54, 1.807) is 23.5 Å². The first kappa shape index (κ1) is 14.0. The van der Waals surface area contributed by atoms with Gasteiger partial charge in [0.1, 0.15) is 0 Å². The maximum Gasteiger partial charge on any atom is 0.269 e. The van der Waals surface area contributed by atoms with Gasteiger partial charge in [-0.2, -0.15) is 5.26 Å². The first-order valence-electron chi connectivity index (χ1n) is 6.52. The van der Waals surface area contributed by atoms with Crippen LogP contribution >= 0.6 is 11.3 Å². The van der Waals surface area contributed by atoms with E-state index in [0.29, 0.717) is 11.1 Å². The zero-order valence-electron chi connectivity index (χ0n) is 11.4. The Labute approximate surface area is 130 Å². The van der Waals surface area contributed by atoms with Crippen molar-refractivity contribution < 1.29 is 4.92 Å². The molecule has 3 rings (SSSR count). The molecule has 0 radical (unpaired) electrons. The number of nitriles is 1. The summed E-state index contributed by atoms with van der Waals surface area (Å²) >= 11 is 1.62. The summed E-state index contributed by atoms with van der Waals surface area (Å²) in [5.41, 5.74) is 2.15. The smallest absolute Gasteiger partial charge is 0.258 e. The van der Waals surface area contributed by atoms with E-state index in [0.717, 1.165) is 15.6 Å². The third kappa shape index (κ3) is 2.60. The number of nitrogens with zero attached hydrogens (tertiary/aromatic N) is 2. The number of non-ortho nitro benzene ring substituents is 1. The van der Waals surface area contributed by atoms with Gasteiger partial charge in [-0.25, -0.2) is 0 Å². The molecule has 0 unspecified atom stereocenters. The average Bonchev–Trinajstić information content (AvgIpc) is 2.96. The normalized spacial score (nSPS) is 11.3. The summed E-state index contributed by atoms with van der Waals surface area (Å²) in [6.45, 7) is 0. The van der Waals surface area contributed by atoms with Crippen LogP contribution in [0.1, 0.15) is 11.1 Å². The lowest BCUT2D eigenvalue weighted by atomic mass is 10.0. The molecule has 0 saturated carbocycles. The number of nitro groups is 1. The molecule has 5 heteroatoms. The van der Waals surface area contributed by atoms with E-state index in [4.69, 9.17) is 0 Å². The summed E-state index contributed by atoms with van der Waals surface area (Å²) in [6, 6.07) is 16.2. The SMILES string of the molecule is N#C/C(=C\c1csc2ccccc12)c1ccc([N+](=O)[O-])cc1. The first-order chi connectivity index (χ1) is 10.7. The third-order valence-corrected chi connectivity index (χ3v) is 4.30. The van der Waals surface area contributed by atoms with Gasteiger partial charge in [-0.3, -0.25) is 10.1 Å². The third-order valence-electron chi connectivity index (χ3n) is 3.32. The molecule has 0 saturated heterocycles. The maximum atomic E-state index is 10.7. The van der Waals surface area contributed by atoms with Crippen molar-refractivity contribution in [2.24, 2.45) is 0 Å². The Kier molecular flexibility index (Phi) is 3.69. The Balaban J connectivity index is 2.04. The van der Waals surface area contributed by atoms with Crippen LogP contribution in [0.5, 0.6) is 0 Å². The van der Waals surface area contributed by atoms with Crippen molar-refractivity contribution in [3.63, 3.8) is 0 Å². The fraction of sp³-hybridized carbons (Fsp3) is 0. The molecule has 106 valence electrons. The fourth-order valence-corrected chi connectivity index (χ4v) is 3.13. The number of hydrogen-bond donors (Lipinski definition) is 0. The topological polar surface area (TPSA) is 66.9 Å². The van der Waals surface area contributed by atoms with Gasteiger partial charge in [0.2, 0.25) is 0 Å². The van der Waals surface area contributed by atoms with Gasteiger partial charge in [0.25, 0.3) is 5.69 Å². The van der Waals surface area contributed by atoms with Crippen LogP contribution in [0, 0.1) is 21.4 Å². The monoisotopic (exact) mass is 306 g/mol. The van der Waals surface area contributed by atoms with Crippen LogP contribution in [0.25, 0.3) is 21.7 Å². The van der Waals surface area contributed by atoms with Crippen LogP contribution in [0.4, 0.5) is 5.69 Å². The van der Waals surface area contributed by atoms with E-state index in [9.17, 15) is 15.4 Å². The minimum Gasteiger partial charge on any atom is -0.258 e. The molecule has 0 fully saturated rings. The Morgan fingerprint density at radius 3 is 2.59 bits per heavy atom. The molecule has 1 aromatic heterocycles. The zero-order chi connectivity index (χ0) is 15.5. The van der Waals surface area contributed by atoms with E-state index in [-0.39, 0.29) is 5.69 Å². The van der Waals surface area contributed by atoms with E-state index >= 15 is 0 Å². The number of hydrogen-bond acceptors (Lipinski definition) is 4. The van der Waals surface area contributed by atoms with Crippen LogP contribution in [-0.4, -0.2) is 4.92 Å². The molecule has 1 heterocycles. The van der Waals surface area contributed by atoms with Crippen molar-refractivity contribution in [3.8, 4) is 6.07 Å². The largest absolute Gasteiger partial charge is 0.269 e. The van der Waals surface area contributed by atoms with Gasteiger partial charge in [-0.05, 0) is 46.2 Å². The Morgan fingerprint density at radius 1 is 1.18 bits per heavy atom. The summed E-state index contributed by atoms with van der Waals surface area (Å²) < 4.78 is 1.16. The number of fused-ring (bicyclic) bond motifs is 1. The highest BCUT2D eigenvalue weighted by atomic mass is 32.1. The Bertz CT molecular complexity index is 918. The molecule has 0 atom stereocenters. The molecule has 0 spiro atoms. The van der Waals surface area contributed by atoms with Gasteiger partial charge in [0.05, 0.1) is 16.6 Å². The zero-order valence-corrected chi connectivity index (χ0v) is 12.2. The van der Waals surface area contributed by atoms with E-state index in [1.807, 2.05) is 35.7 Å². The summed E-state index contributed by atoms with van der Waals surface area (Å²) in [7, 11) is 0. The molecule has 3 aromatic rings. The van der Waals surface area contributed by atoms with Crippen molar-refractivity contribution in [1.29, 1.82) is 5.26 Å². The van der Waals surface area contributed by atoms with Crippen molar-refractivity contribution in [2.75, 3.05) is 0 Å². The number of benzene rings is 2. The first-order valence-corrected chi connectivity index (χ1v) is 7.40. The van der Waals surface area contributed by atoms with E-state index in [2.05, 4.69) is 6.07 Å². The van der Waals surface area contributed by atoms with Crippen LogP contribution < -0.4 is 0 Å². The molecule has 2 aromatic carbocycles. The van der Waals surface area contributed by atoms with Crippen LogP contribution in [0.3, 0.4) is 0 Å². The maximum absolute atomic E-state index is 10.7. The average molecular weight is 306 g/mol. The van der Waals surface area contributed by atoms with Gasteiger partial charge in [-0.15, -0.1) is 11.3 Å². The standard InChI is InChI=1S/C17H10N2O2S/c18-10-13(12-5-7-15(8-6-12)19(20)21)9-14-11-22-17-4-2-1-3-16(14)17/h1-9,11H/b13-9+. The predicted octanol–water partition coefficient (Wildman–Crippen LogP) is 4.87. The molecule has 0 amide bonds. The minimum atomic E-state index is -0.452. The lowest BCUT2D eigenvalue weighted by molar-refractivity contribution is -0.384. The van der Waals surface area contributed by atoms with Crippen LogP contribution in [0.15, 0.2) is 53.9 Å². The molecule has 4 nitrogen and oxygen atoms in total. The van der Waals surface area contributed by atoms with Crippen LogP contribution in [0.2, 0.25) is 0 Å². The minimum absolute atomic E-state index is 0.0158. The van der Waals surface area contributed by atoms with Crippen LogP contribution in [-0.2, 0) is 0 Å². The van der Waals surface area contributed by atoms with Gasteiger partial charge in [0.15, 0.2) is 0 Å². The molecule has 0 aliphatic rings. The lowest BCUT2D eigenvalue weighted by Crippen LogP contribution is -1.88. The summed E-state index contributed by atoms with van der Waals surface area (Å²) in [5, 5.41) is 23.2. The second-order valence-corrected chi connectivity index (χ2v) is 5.57. The highest BCUT2D eigenvalue weighted by molar-refractivity contribution is 7.17. The summed E-state index contributed by atoms with van der Waals surface area (Å²) in [6.07, 6.45) is 1.82. The molecule has 22 heavy (non-hydrogen) atoms. The lowest BCUT2D eigenvalue weighted by Gasteiger charge is -1.99. The highest BCUT2D eigenvalue weighted by Gasteiger charge is 2.08. The Hall–Kier alpha value is -2.97. The molecule has 0 bridgehead atoms. The molecule has 0 N–H and O–H groups in total. The van der Waals surface area contributed by atoms with Crippen molar-refractivity contribution in [2.45, 2.75) is 0 Å². The molecular formula is C17H10N2O2S. The van der Waals surface area contributed by atoms with Gasteiger partial charge < -0.3 is 0 Å². The number of allylic oxidation sites excluding steroid dienone is 1. The summed E-state index contributed by atoms with van der Waals surface area (Å²) in [4.78, 5) is 10.2. The van der Waals surface area contributed by atoms with Crippen molar-refractivity contribution >= 4 is 38.8 Å². The number of nitro benzene ring substituents is 1. The molecular weight excluding hydrogens is 296 g/mol. The van der Waals surface area contributed by atoms with Gasteiger partial charge >= 0.3 is 0 Å². The quantitative estimate of drug-likeness (QED) is 0.393. The van der Waals surface area contributed by atoms with Crippen molar-refractivity contribution in [3.05, 3.63) is 75.2 Å². The van der Waals surface area contributed by atoms with E-state index < -0.39 is 4.92 Å². The number of thiophene rings is 1. The predicted molar refractivity (Wildman–Crippen MR) is 88.4 cm³/mol. The molecule has 0 aliphatic heterocycles.